The summed E-state index contributed by atoms with van der Waals surface area (Å²) in [7, 11) is -1.51. The third-order valence-electron chi connectivity index (χ3n) is 2.98. The number of nitrogens with one attached hydrogen (secondary N) is 1. The fourth-order valence-corrected chi connectivity index (χ4v) is 3.54. The van der Waals surface area contributed by atoms with Crippen molar-refractivity contribution in [2.45, 2.75) is 10.9 Å². The van der Waals surface area contributed by atoms with Crippen molar-refractivity contribution in [3.05, 3.63) is 12.4 Å². The predicted molar refractivity (Wildman–Crippen MR) is 62.8 cm³/mol. The van der Waals surface area contributed by atoms with Crippen LogP contribution in [0.2, 0.25) is 0 Å². The highest BCUT2D eigenvalue weighted by Gasteiger charge is 2.34. The molecule has 1 aromatic heterocycles. The van der Waals surface area contributed by atoms with Gasteiger partial charge in [0.2, 0.25) is 10.0 Å². The molecule has 8 heteroatoms. The molecular weight excluding hydrogens is 242 g/mol. The number of hydrogen-bond acceptors (Lipinski definition) is 5. The molecule has 0 radical (unpaired) electrons. The highest BCUT2D eigenvalue weighted by atomic mass is 32.2. The topological polar surface area (TPSA) is 95.3 Å². The molecule has 0 aliphatic carbocycles. The minimum Gasteiger partial charge on any atom is -0.329 e. The van der Waals surface area contributed by atoms with Gasteiger partial charge < -0.3 is 10.6 Å². The molecule has 3 N–H and O–H groups in total. The molecule has 0 saturated carbocycles. The van der Waals surface area contributed by atoms with Gasteiger partial charge in [0, 0.05) is 32.4 Å². The SMILES string of the molecule is CN1CCN(S(=O)(=O)c2cn[nH]c2)C(CN)C1. The summed E-state index contributed by atoms with van der Waals surface area (Å²) in [5.41, 5.74) is 5.65. The van der Waals surface area contributed by atoms with Crippen LogP contribution in [0.1, 0.15) is 0 Å². The molecule has 7 nitrogen and oxygen atoms in total. The van der Waals surface area contributed by atoms with Gasteiger partial charge in [-0.3, -0.25) is 5.10 Å². The fraction of sp³-hybridized carbons (Fsp3) is 0.667. The van der Waals surface area contributed by atoms with E-state index in [9.17, 15) is 8.42 Å². The maximum atomic E-state index is 12.3. The van der Waals surface area contributed by atoms with Crippen molar-refractivity contribution < 1.29 is 8.42 Å². The van der Waals surface area contributed by atoms with Gasteiger partial charge in [0.25, 0.3) is 0 Å². The summed E-state index contributed by atoms with van der Waals surface area (Å²) in [6.45, 7) is 2.16. The van der Waals surface area contributed by atoms with Gasteiger partial charge in [-0.2, -0.15) is 9.40 Å². The lowest BCUT2D eigenvalue weighted by atomic mass is 10.2. The zero-order chi connectivity index (χ0) is 12.5. The average Bonchev–Trinajstić information content (AvgIpc) is 2.82. The molecule has 1 aliphatic rings. The van der Waals surface area contributed by atoms with Crippen LogP contribution in [0.3, 0.4) is 0 Å². The summed E-state index contributed by atoms with van der Waals surface area (Å²) in [6, 6.07) is -0.173. The van der Waals surface area contributed by atoms with E-state index in [1.165, 1.54) is 16.7 Å². The summed E-state index contributed by atoms with van der Waals surface area (Å²) in [4.78, 5) is 2.28. The quantitative estimate of drug-likeness (QED) is 0.701. The number of likely N-dealkylation sites (N-methyl/N-ethyl adjacent to an activating group) is 1. The third kappa shape index (κ3) is 2.34. The van der Waals surface area contributed by atoms with Gasteiger partial charge in [0.15, 0.2) is 0 Å². The molecule has 17 heavy (non-hydrogen) atoms. The first-order chi connectivity index (χ1) is 8.05. The smallest absolute Gasteiger partial charge is 0.246 e. The molecule has 1 unspecified atom stereocenters. The van der Waals surface area contributed by atoms with E-state index in [1.54, 1.807) is 0 Å². The molecule has 2 heterocycles. The van der Waals surface area contributed by atoms with Crippen molar-refractivity contribution in [1.82, 2.24) is 19.4 Å². The highest BCUT2D eigenvalue weighted by molar-refractivity contribution is 7.89. The van der Waals surface area contributed by atoms with Gasteiger partial charge in [-0.1, -0.05) is 0 Å². The number of nitrogens with zero attached hydrogens (tertiary/aromatic N) is 3. The van der Waals surface area contributed by atoms with E-state index >= 15 is 0 Å². The Kier molecular flexibility index (Phi) is 3.48. The van der Waals surface area contributed by atoms with E-state index in [0.717, 1.165) is 0 Å². The Morgan fingerprint density at radius 2 is 2.35 bits per heavy atom. The Labute approximate surface area is 101 Å². The molecule has 0 spiro atoms. The lowest BCUT2D eigenvalue weighted by Crippen LogP contribution is -2.56. The van der Waals surface area contributed by atoms with Crippen LogP contribution >= 0.6 is 0 Å². The minimum atomic E-state index is -3.47. The van der Waals surface area contributed by atoms with Crippen LogP contribution in [0.25, 0.3) is 0 Å². The number of sulfonamides is 1. The van der Waals surface area contributed by atoms with Crippen molar-refractivity contribution in [3.63, 3.8) is 0 Å². The van der Waals surface area contributed by atoms with E-state index in [0.29, 0.717) is 26.2 Å². The highest BCUT2D eigenvalue weighted by Crippen LogP contribution is 2.19. The van der Waals surface area contributed by atoms with Gasteiger partial charge in [0.1, 0.15) is 4.90 Å². The molecule has 1 saturated heterocycles. The van der Waals surface area contributed by atoms with Crippen molar-refractivity contribution in [2.75, 3.05) is 33.2 Å². The zero-order valence-corrected chi connectivity index (χ0v) is 10.5. The predicted octanol–water partition coefficient (Wildman–Crippen LogP) is -1.33. The number of piperazine rings is 1. The molecular formula is C9H17N5O2S. The standard InChI is InChI=1S/C9H17N5O2S/c1-13-2-3-14(8(4-10)7-13)17(15,16)9-5-11-12-6-9/h5-6,8H,2-4,7,10H2,1H3,(H,11,12). The summed E-state index contributed by atoms with van der Waals surface area (Å²) in [5, 5.41) is 6.20. The molecule has 1 aliphatic heterocycles. The Morgan fingerprint density at radius 3 is 2.94 bits per heavy atom. The Bertz CT molecular complexity index is 458. The lowest BCUT2D eigenvalue weighted by molar-refractivity contribution is 0.164. The van der Waals surface area contributed by atoms with Crippen molar-refractivity contribution >= 4 is 10.0 Å². The monoisotopic (exact) mass is 259 g/mol. The second-order valence-corrected chi connectivity index (χ2v) is 6.09. The van der Waals surface area contributed by atoms with E-state index in [2.05, 4.69) is 15.1 Å². The molecule has 1 aromatic rings. The first-order valence-electron chi connectivity index (χ1n) is 5.45. The van der Waals surface area contributed by atoms with Gasteiger partial charge in [-0.15, -0.1) is 0 Å². The third-order valence-corrected chi connectivity index (χ3v) is 4.90. The minimum absolute atomic E-state index is 0.173. The molecule has 2 rings (SSSR count). The lowest BCUT2D eigenvalue weighted by Gasteiger charge is -2.38. The van der Waals surface area contributed by atoms with Gasteiger partial charge in [0.05, 0.1) is 12.2 Å². The molecule has 1 fully saturated rings. The summed E-state index contributed by atoms with van der Waals surface area (Å²) < 4.78 is 26.1. The maximum absolute atomic E-state index is 12.3. The van der Waals surface area contributed by atoms with Crippen LogP contribution in [0.15, 0.2) is 17.3 Å². The largest absolute Gasteiger partial charge is 0.329 e. The number of aromatic nitrogens is 2. The van der Waals surface area contributed by atoms with Crippen LogP contribution in [0.5, 0.6) is 0 Å². The van der Waals surface area contributed by atoms with Crippen LogP contribution in [-0.4, -0.2) is 67.1 Å². The Hall–Kier alpha value is -0.960. The van der Waals surface area contributed by atoms with Gasteiger partial charge in [-0.05, 0) is 7.05 Å². The number of hydrogen-bond donors (Lipinski definition) is 2. The van der Waals surface area contributed by atoms with Crippen LogP contribution < -0.4 is 5.73 Å². The summed E-state index contributed by atoms with van der Waals surface area (Å²) in [6.07, 6.45) is 2.71. The van der Waals surface area contributed by atoms with E-state index in [4.69, 9.17) is 5.73 Å². The molecule has 0 aromatic carbocycles. The van der Waals surface area contributed by atoms with E-state index in [1.807, 2.05) is 7.05 Å². The number of rotatable bonds is 3. The first kappa shape index (κ1) is 12.5. The second-order valence-electron chi connectivity index (χ2n) is 4.20. The first-order valence-corrected chi connectivity index (χ1v) is 6.89. The van der Waals surface area contributed by atoms with E-state index < -0.39 is 10.0 Å². The Morgan fingerprint density at radius 1 is 1.59 bits per heavy atom. The zero-order valence-electron chi connectivity index (χ0n) is 9.70. The molecule has 0 amide bonds. The molecule has 96 valence electrons. The van der Waals surface area contributed by atoms with Crippen LogP contribution in [-0.2, 0) is 10.0 Å². The second kappa shape index (κ2) is 4.73. The fourth-order valence-electron chi connectivity index (χ4n) is 2.02. The van der Waals surface area contributed by atoms with Gasteiger partial charge >= 0.3 is 0 Å². The number of H-pyrrole nitrogens is 1. The van der Waals surface area contributed by atoms with Gasteiger partial charge in [-0.25, -0.2) is 8.42 Å². The summed E-state index contributed by atoms with van der Waals surface area (Å²) in [5.74, 6) is 0. The van der Waals surface area contributed by atoms with Crippen molar-refractivity contribution in [1.29, 1.82) is 0 Å². The number of aromatic amines is 1. The van der Waals surface area contributed by atoms with E-state index in [-0.39, 0.29) is 10.9 Å². The number of nitrogens with two attached hydrogens (primary N) is 1. The summed E-state index contributed by atoms with van der Waals surface area (Å²) >= 11 is 0. The maximum Gasteiger partial charge on any atom is 0.246 e. The normalized spacial score (nSPS) is 24.0. The average molecular weight is 259 g/mol. The van der Waals surface area contributed by atoms with Crippen LogP contribution in [0, 0.1) is 0 Å². The van der Waals surface area contributed by atoms with Crippen molar-refractivity contribution in [2.24, 2.45) is 5.73 Å². The van der Waals surface area contributed by atoms with Crippen LogP contribution in [0.4, 0.5) is 0 Å². The Balaban J connectivity index is 2.27. The molecule has 1 atom stereocenters. The molecule has 0 bridgehead atoms. The van der Waals surface area contributed by atoms with Crippen molar-refractivity contribution in [3.8, 4) is 0 Å².